The van der Waals surface area contributed by atoms with Crippen LogP contribution in [-0.2, 0) is 21.3 Å². The van der Waals surface area contributed by atoms with Crippen LogP contribution in [0.4, 0.5) is 8.78 Å². The molecule has 3 nitrogen and oxygen atoms in total. The maximum atomic E-state index is 12.5. The molecule has 1 aromatic rings. The van der Waals surface area contributed by atoms with Crippen LogP contribution in [0.25, 0.3) is 0 Å². The van der Waals surface area contributed by atoms with Gasteiger partial charge in [0.2, 0.25) is 0 Å². The van der Waals surface area contributed by atoms with E-state index in [-0.39, 0.29) is 23.0 Å². The van der Waals surface area contributed by atoms with Gasteiger partial charge in [-0.25, -0.2) is 8.78 Å². The molecule has 1 rings (SSSR count). The molecule has 0 aliphatic heterocycles. The first-order chi connectivity index (χ1) is 7.58. The summed E-state index contributed by atoms with van der Waals surface area (Å²) in [7, 11) is 1.27. The Balaban J connectivity index is 2.95. The number of hydrogen-bond acceptors (Lipinski definition) is 3. The SMILES string of the molecule is COC(=O)Cc1ccc(C(F)F)c(CBr)n1. The second-order valence-corrected chi connectivity index (χ2v) is 3.59. The van der Waals surface area contributed by atoms with Crippen LogP contribution < -0.4 is 0 Å². The van der Waals surface area contributed by atoms with Crippen molar-refractivity contribution in [3.63, 3.8) is 0 Å². The van der Waals surface area contributed by atoms with Gasteiger partial charge in [0.15, 0.2) is 0 Å². The number of rotatable bonds is 4. The molecule has 0 N–H and O–H groups in total. The quantitative estimate of drug-likeness (QED) is 0.633. The molecule has 0 aliphatic rings. The third kappa shape index (κ3) is 3.23. The standard InChI is InChI=1S/C10H10BrF2NO2/c1-16-9(15)4-6-2-3-7(10(12)13)8(5-11)14-6/h2-3,10H,4-5H2,1H3. The lowest BCUT2D eigenvalue weighted by atomic mass is 10.1. The summed E-state index contributed by atoms with van der Waals surface area (Å²) in [6, 6.07) is 2.69. The smallest absolute Gasteiger partial charge is 0.311 e. The summed E-state index contributed by atoms with van der Waals surface area (Å²) in [5, 5.41) is 0.224. The molecule has 0 saturated heterocycles. The Bertz CT molecular complexity index is 385. The predicted molar refractivity (Wildman–Crippen MR) is 57.5 cm³/mol. The minimum Gasteiger partial charge on any atom is -0.469 e. The first kappa shape index (κ1) is 13.0. The van der Waals surface area contributed by atoms with Crippen molar-refractivity contribution in [1.82, 2.24) is 4.98 Å². The van der Waals surface area contributed by atoms with Crippen molar-refractivity contribution in [3.8, 4) is 0 Å². The maximum absolute atomic E-state index is 12.5. The molecule has 1 aromatic heterocycles. The van der Waals surface area contributed by atoms with Crippen LogP contribution in [0.2, 0.25) is 0 Å². The number of methoxy groups -OCH3 is 1. The van der Waals surface area contributed by atoms with Crippen molar-refractivity contribution in [2.75, 3.05) is 7.11 Å². The third-order valence-electron chi connectivity index (χ3n) is 1.98. The Morgan fingerprint density at radius 3 is 2.75 bits per heavy atom. The summed E-state index contributed by atoms with van der Waals surface area (Å²) in [5.74, 6) is -0.446. The second-order valence-electron chi connectivity index (χ2n) is 3.03. The van der Waals surface area contributed by atoms with Crippen LogP contribution in [-0.4, -0.2) is 18.1 Å². The zero-order valence-electron chi connectivity index (χ0n) is 8.54. The zero-order valence-corrected chi connectivity index (χ0v) is 10.1. The fourth-order valence-electron chi connectivity index (χ4n) is 1.18. The summed E-state index contributed by atoms with van der Waals surface area (Å²) in [6.07, 6.45) is -2.58. The Morgan fingerprint density at radius 2 is 2.25 bits per heavy atom. The normalized spacial score (nSPS) is 10.6. The fraction of sp³-hybridized carbons (Fsp3) is 0.400. The van der Waals surface area contributed by atoms with Crippen LogP contribution >= 0.6 is 15.9 Å². The van der Waals surface area contributed by atoms with Gasteiger partial charge in [-0.1, -0.05) is 15.9 Å². The first-order valence-corrected chi connectivity index (χ1v) is 5.60. The van der Waals surface area contributed by atoms with Crippen molar-refractivity contribution in [2.45, 2.75) is 18.2 Å². The van der Waals surface area contributed by atoms with E-state index in [1.54, 1.807) is 0 Å². The molecule has 0 unspecified atom stereocenters. The molecular weight excluding hydrogens is 284 g/mol. The number of hydrogen-bond donors (Lipinski definition) is 0. The molecular formula is C10H10BrF2NO2. The number of esters is 1. The number of halogens is 3. The van der Waals surface area contributed by atoms with E-state index in [4.69, 9.17) is 0 Å². The Hall–Kier alpha value is -1.04. The van der Waals surface area contributed by atoms with E-state index in [1.807, 2.05) is 0 Å². The Morgan fingerprint density at radius 1 is 1.56 bits per heavy atom. The zero-order chi connectivity index (χ0) is 12.1. The number of carbonyl (C=O) groups is 1. The summed E-state index contributed by atoms with van der Waals surface area (Å²) in [6.45, 7) is 0. The van der Waals surface area contributed by atoms with Crippen molar-refractivity contribution >= 4 is 21.9 Å². The van der Waals surface area contributed by atoms with E-state index in [0.717, 1.165) is 0 Å². The number of pyridine rings is 1. The highest BCUT2D eigenvalue weighted by atomic mass is 79.9. The van der Waals surface area contributed by atoms with Gasteiger partial charge in [-0.2, -0.15) is 0 Å². The largest absolute Gasteiger partial charge is 0.469 e. The van der Waals surface area contributed by atoms with E-state index in [2.05, 4.69) is 25.7 Å². The van der Waals surface area contributed by atoms with Gasteiger partial charge in [0, 0.05) is 10.9 Å². The molecule has 0 saturated carbocycles. The molecule has 1 heterocycles. The molecule has 16 heavy (non-hydrogen) atoms. The topological polar surface area (TPSA) is 39.2 Å². The summed E-state index contributed by atoms with van der Waals surface area (Å²) >= 11 is 3.08. The van der Waals surface area contributed by atoms with Crippen LogP contribution in [0.1, 0.15) is 23.4 Å². The molecule has 0 bridgehead atoms. The maximum Gasteiger partial charge on any atom is 0.311 e. The second kappa shape index (κ2) is 5.89. The van der Waals surface area contributed by atoms with E-state index < -0.39 is 12.4 Å². The highest BCUT2D eigenvalue weighted by Gasteiger charge is 2.15. The molecule has 0 aromatic carbocycles. The summed E-state index contributed by atoms with van der Waals surface area (Å²) < 4.78 is 29.5. The minimum atomic E-state index is -2.56. The number of nitrogens with zero attached hydrogens (tertiary/aromatic N) is 1. The molecule has 6 heteroatoms. The van der Waals surface area contributed by atoms with E-state index in [1.165, 1.54) is 19.2 Å². The molecule has 0 fully saturated rings. The molecule has 0 aliphatic carbocycles. The van der Waals surface area contributed by atoms with Crippen LogP contribution in [0.5, 0.6) is 0 Å². The summed E-state index contributed by atoms with van der Waals surface area (Å²) in [4.78, 5) is 15.0. The molecule has 0 spiro atoms. The van der Waals surface area contributed by atoms with Gasteiger partial charge < -0.3 is 4.74 Å². The lowest BCUT2D eigenvalue weighted by molar-refractivity contribution is -0.139. The van der Waals surface area contributed by atoms with Gasteiger partial charge in [-0.3, -0.25) is 9.78 Å². The van der Waals surface area contributed by atoms with Crippen LogP contribution in [0.3, 0.4) is 0 Å². The van der Waals surface area contributed by atoms with Crippen molar-refractivity contribution in [2.24, 2.45) is 0 Å². The lowest BCUT2D eigenvalue weighted by Gasteiger charge is -2.07. The fourth-order valence-corrected chi connectivity index (χ4v) is 1.63. The number of carbonyl (C=O) groups excluding carboxylic acids is 1. The number of alkyl halides is 3. The number of ether oxygens (including phenoxy) is 1. The van der Waals surface area contributed by atoms with Crippen LogP contribution in [0.15, 0.2) is 12.1 Å². The van der Waals surface area contributed by atoms with E-state index >= 15 is 0 Å². The van der Waals surface area contributed by atoms with E-state index in [9.17, 15) is 13.6 Å². The monoisotopic (exact) mass is 293 g/mol. The van der Waals surface area contributed by atoms with Crippen molar-refractivity contribution < 1.29 is 18.3 Å². The minimum absolute atomic E-state index is 0.0139. The highest BCUT2D eigenvalue weighted by Crippen LogP contribution is 2.23. The first-order valence-electron chi connectivity index (χ1n) is 4.48. The Labute approximate surface area is 99.9 Å². The van der Waals surface area contributed by atoms with Crippen molar-refractivity contribution in [3.05, 3.63) is 29.1 Å². The van der Waals surface area contributed by atoms with Crippen molar-refractivity contribution in [1.29, 1.82) is 0 Å². The van der Waals surface area contributed by atoms with Gasteiger partial charge in [-0.05, 0) is 12.1 Å². The van der Waals surface area contributed by atoms with Gasteiger partial charge in [-0.15, -0.1) is 0 Å². The highest BCUT2D eigenvalue weighted by molar-refractivity contribution is 9.08. The third-order valence-corrected chi connectivity index (χ3v) is 2.51. The van der Waals surface area contributed by atoms with Gasteiger partial charge in [0.1, 0.15) is 0 Å². The molecule has 88 valence electrons. The average molecular weight is 294 g/mol. The van der Waals surface area contributed by atoms with Gasteiger partial charge in [0.25, 0.3) is 6.43 Å². The van der Waals surface area contributed by atoms with Gasteiger partial charge >= 0.3 is 5.97 Å². The lowest BCUT2D eigenvalue weighted by Crippen LogP contribution is -2.08. The average Bonchev–Trinajstić information content (AvgIpc) is 2.28. The molecule has 0 amide bonds. The molecule has 0 atom stereocenters. The Kier molecular flexibility index (Phi) is 4.79. The van der Waals surface area contributed by atoms with Crippen LogP contribution in [0, 0.1) is 0 Å². The predicted octanol–water partition coefficient (Wildman–Crippen LogP) is 2.63. The van der Waals surface area contributed by atoms with Gasteiger partial charge in [0.05, 0.1) is 24.9 Å². The molecule has 0 radical (unpaired) electrons. The summed E-state index contributed by atoms with van der Waals surface area (Å²) in [5.41, 5.74) is 0.549. The number of aromatic nitrogens is 1. The van der Waals surface area contributed by atoms with E-state index in [0.29, 0.717) is 5.69 Å².